The molecule has 2 aromatic heterocycles. The lowest BCUT2D eigenvalue weighted by molar-refractivity contribution is 1.40. The van der Waals surface area contributed by atoms with Crippen LogP contribution in [0.3, 0.4) is 0 Å². The third-order valence-electron chi connectivity index (χ3n) is 1.62. The van der Waals surface area contributed by atoms with Gasteiger partial charge in [0.25, 0.3) is 0 Å². The number of hydrogen-bond acceptors (Lipinski definition) is 4. The minimum absolute atomic E-state index is 0.615. The van der Waals surface area contributed by atoms with Crippen LogP contribution in [0.2, 0.25) is 4.34 Å². The molecule has 2 nitrogen and oxygen atoms in total. The predicted molar refractivity (Wildman–Crippen MR) is 59.6 cm³/mol. The molecule has 2 N–H and O–H groups in total. The van der Waals surface area contributed by atoms with E-state index >= 15 is 0 Å². The van der Waals surface area contributed by atoms with Gasteiger partial charge in [-0.15, -0.1) is 22.7 Å². The van der Waals surface area contributed by atoms with Gasteiger partial charge in [0.05, 0.1) is 9.21 Å². The van der Waals surface area contributed by atoms with E-state index in [0.717, 1.165) is 19.1 Å². The number of anilines is 1. The maximum absolute atomic E-state index is 5.82. The number of rotatable bonds is 1. The summed E-state index contributed by atoms with van der Waals surface area (Å²) >= 11 is 8.94. The normalized spacial score (nSPS) is 10.6. The first-order chi connectivity index (χ1) is 6.16. The minimum atomic E-state index is 0.615. The van der Waals surface area contributed by atoms with E-state index in [-0.39, 0.29) is 0 Å². The van der Waals surface area contributed by atoms with Crippen LogP contribution in [0.4, 0.5) is 5.82 Å². The molecule has 0 saturated carbocycles. The van der Waals surface area contributed by atoms with E-state index in [0.29, 0.717) is 5.82 Å². The molecule has 0 aliphatic heterocycles. The van der Waals surface area contributed by atoms with E-state index < -0.39 is 0 Å². The van der Waals surface area contributed by atoms with Gasteiger partial charge in [-0.05, 0) is 19.1 Å². The van der Waals surface area contributed by atoms with Crippen molar-refractivity contribution < 1.29 is 0 Å². The van der Waals surface area contributed by atoms with Gasteiger partial charge in [-0.2, -0.15) is 0 Å². The summed E-state index contributed by atoms with van der Waals surface area (Å²) in [6, 6.07) is 3.83. The Hall–Kier alpha value is -0.580. The summed E-state index contributed by atoms with van der Waals surface area (Å²) in [5.74, 6) is 0.615. The topological polar surface area (TPSA) is 38.9 Å². The molecule has 0 radical (unpaired) electrons. The highest BCUT2D eigenvalue weighted by atomic mass is 35.5. The molecule has 0 saturated heterocycles. The van der Waals surface area contributed by atoms with Crippen molar-refractivity contribution in [1.29, 1.82) is 0 Å². The fraction of sp³-hybridized carbons (Fsp3) is 0.125. The molecular weight excluding hydrogens is 224 g/mol. The zero-order valence-electron chi connectivity index (χ0n) is 6.87. The highest BCUT2D eigenvalue weighted by molar-refractivity contribution is 7.24. The van der Waals surface area contributed by atoms with Crippen LogP contribution in [0.5, 0.6) is 0 Å². The van der Waals surface area contributed by atoms with Crippen LogP contribution < -0.4 is 5.73 Å². The molecule has 0 aliphatic carbocycles. The Kier molecular flexibility index (Phi) is 2.27. The summed E-state index contributed by atoms with van der Waals surface area (Å²) in [7, 11) is 0. The molecular formula is C8H7ClN2S2. The number of nitrogen functional groups attached to an aromatic ring is 1. The first-order valence-electron chi connectivity index (χ1n) is 3.65. The molecule has 5 heteroatoms. The first kappa shape index (κ1) is 8.99. The summed E-state index contributed by atoms with van der Waals surface area (Å²) in [5.41, 5.74) is 5.66. The highest BCUT2D eigenvalue weighted by Gasteiger charge is 2.08. The average molecular weight is 231 g/mol. The monoisotopic (exact) mass is 230 g/mol. The Labute approximate surface area is 89.0 Å². The fourth-order valence-corrected chi connectivity index (χ4v) is 2.87. The van der Waals surface area contributed by atoms with Crippen molar-refractivity contribution >= 4 is 40.1 Å². The predicted octanol–water partition coefficient (Wildman–Crippen LogP) is 3.42. The molecule has 0 aromatic carbocycles. The summed E-state index contributed by atoms with van der Waals surface area (Å²) in [6.07, 6.45) is 0. The lowest BCUT2D eigenvalue weighted by Gasteiger charge is -1.85. The molecule has 0 unspecified atom stereocenters. The highest BCUT2D eigenvalue weighted by Crippen LogP contribution is 2.35. The molecule has 68 valence electrons. The number of nitrogens with zero attached hydrogens (tertiary/aromatic N) is 1. The number of thiazole rings is 1. The van der Waals surface area contributed by atoms with Gasteiger partial charge in [0.15, 0.2) is 0 Å². The van der Waals surface area contributed by atoms with Crippen LogP contribution in [0.25, 0.3) is 9.88 Å². The lowest BCUT2D eigenvalue weighted by atomic mass is 10.5. The molecule has 2 aromatic rings. The number of thiophene rings is 1. The van der Waals surface area contributed by atoms with Crippen molar-refractivity contribution in [2.75, 3.05) is 5.73 Å². The van der Waals surface area contributed by atoms with Gasteiger partial charge in [-0.25, -0.2) is 4.98 Å². The van der Waals surface area contributed by atoms with E-state index in [4.69, 9.17) is 17.3 Å². The van der Waals surface area contributed by atoms with Gasteiger partial charge in [0, 0.05) is 4.88 Å². The first-order valence-corrected chi connectivity index (χ1v) is 5.66. The van der Waals surface area contributed by atoms with E-state index in [1.807, 2.05) is 19.1 Å². The SMILES string of the molecule is Cc1sc(-c2ccc(Cl)s2)nc1N. The van der Waals surface area contributed by atoms with Crippen LogP contribution in [0.15, 0.2) is 12.1 Å². The van der Waals surface area contributed by atoms with Crippen LogP contribution in [-0.2, 0) is 0 Å². The number of hydrogen-bond donors (Lipinski definition) is 1. The lowest BCUT2D eigenvalue weighted by Crippen LogP contribution is -1.85. The third-order valence-corrected chi connectivity index (χ3v) is 4.00. The van der Waals surface area contributed by atoms with Gasteiger partial charge in [0.2, 0.25) is 0 Å². The molecule has 0 atom stereocenters. The van der Waals surface area contributed by atoms with Crippen LogP contribution in [0, 0.1) is 6.92 Å². The van der Waals surface area contributed by atoms with Gasteiger partial charge in [-0.3, -0.25) is 0 Å². The van der Waals surface area contributed by atoms with Gasteiger partial charge < -0.3 is 5.73 Å². The second-order valence-corrected chi connectivity index (χ2v) is 5.48. The zero-order valence-corrected chi connectivity index (χ0v) is 9.26. The maximum Gasteiger partial charge on any atom is 0.138 e. The van der Waals surface area contributed by atoms with Crippen molar-refractivity contribution in [2.45, 2.75) is 6.92 Å². The number of aryl methyl sites for hydroxylation is 1. The van der Waals surface area contributed by atoms with Crippen molar-refractivity contribution in [1.82, 2.24) is 4.98 Å². The molecule has 0 amide bonds. The van der Waals surface area contributed by atoms with Gasteiger partial charge >= 0.3 is 0 Å². The number of nitrogens with two attached hydrogens (primary N) is 1. The van der Waals surface area contributed by atoms with Crippen LogP contribution in [0.1, 0.15) is 4.88 Å². The second-order valence-electron chi connectivity index (χ2n) is 2.56. The Morgan fingerprint density at radius 2 is 2.15 bits per heavy atom. The van der Waals surface area contributed by atoms with E-state index in [1.54, 1.807) is 11.3 Å². The number of aromatic nitrogens is 1. The summed E-state index contributed by atoms with van der Waals surface area (Å²) in [5, 5.41) is 0.951. The van der Waals surface area contributed by atoms with Crippen molar-refractivity contribution in [3.05, 3.63) is 21.3 Å². The van der Waals surface area contributed by atoms with Gasteiger partial charge in [-0.1, -0.05) is 11.6 Å². The second kappa shape index (κ2) is 3.29. The minimum Gasteiger partial charge on any atom is -0.383 e. The Morgan fingerprint density at radius 1 is 1.38 bits per heavy atom. The van der Waals surface area contributed by atoms with Crippen molar-refractivity contribution in [2.24, 2.45) is 0 Å². The smallest absolute Gasteiger partial charge is 0.138 e. The van der Waals surface area contributed by atoms with Crippen LogP contribution >= 0.6 is 34.3 Å². The Balaban J connectivity index is 2.46. The molecule has 0 spiro atoms. The molecule has 0 fully saturated rings. The van der Waals surface area contributed by atoms with Gasteiger partial charge in [0.1, 0.15) is 10.8 Å². The molecule has 2 heterocycles. The zero-order chi connectivity index (χ0) is 9.42. The molecule has 0 bridgehead atoms. The van der Waals surface area contributed by atoms with Crippen molar-refractivity contribution in [3.8, 4) is 9.88 Å². The largest absolute Gasteiger partial charge is 0.383 e. The standard InChI is InChI=1S/C8H7ClN2S2/c1-4-7(10)11-8(12-4)5-2-3-6(9)13-5/h2-3H,10H2,1H3. The van der Waals surface area contributed by atoms with Crippen LogP contribution in [-0.4, -0.2) is 4.98 Å². The average Bonchev–Trinajstić information content (AvgIpc) is 2.61. The molecule has 0 aliphatic rings. The fourth-order valence-electron chi connectivity index (χ4n) is 0.943. The summed E-state index contributed by atoms with van der Waals surface area (Å²) < 4.78 is 0.779. The quantitative estimate of drug-likeness (QED) is 0.816. The summed E-state index contributed by atoms with van der Waals surface area (Å²) in [4.78, 5) is 6.38. The van der Waals surface area contributed by atoms with E-state index in [2.05, 4.69) is 4.98 Å². The molecule has 13 heavy (non-hydrogen) atoms. The Morgan fingerprint density at radius 3 is 2.62 bits per heavy atom. The number of halogens is 1. The molecule has 2 rings (SSSR count). The Bertz CT molecular complexity index is 414. The summed E-state index contributed by atoms with van der Waals surface area (Å²) in [6.45, 7) is 1.96. The van der Waals surface area contributed by atoms with Crippen molar-refractivity contribution in [3.63, 3.8) is 0 Å². The maximum atomic E-state index is 5.82. The third kappa shape index (κ3) is 1.70. The van der Waals surface area contributed by atoms with E-state index in [1.165, 1.54) is 11.3 Å². The van der Waals surface area contributed by atoms with E-state index in [9.17, 15) is 0 Å².